The molecule has 2 N–H and O–H groups in total. The molecule has 1 aliphatic carbocycles. The molecule has 0 bridgehead atoms. The van der Waals surface area contributed by atoms with Crippen molar-refractivity contribution in [3.8, 4) is 0 Å². The number of pyridine rings is 1. The number of piperidine rings is 1. The number of amides is 1. The van der Waals surface area contributed by atoms with Crippen LogP contribution in [0.4, 0.5) is 10.6 Å². The van der Waals surface area contributed by atoms with E-state index in [0.717, 1.165) is 48.8 Å². The second-order valence-corrected chi connectivity index (χ2v) is 9.61. The number of thioether (sulfide) groups is 1. The summed E-state index contributed by atoms with van der Waals surface area (Å²) in [5, 5.41) is 13.0. The monoisotopic (exact) mass is 435 g/mol. The molecule has 2 heterocycles. The third-order valence-electron chi connectivity index (χ3n) is 5.79. The van der Waals surface area contributed by atoms with Crippen LogP contribution in [0.3, 0.4) is 0 Å². The highest BCUT2D eigenvalue weighted by molar-refractivity contribution is 7.99. The third kappa shape index (κ3) is 6.03. The Kier molecular flexibility index (Phi) is 7.86. The molecular formula is C22H33N3O4S. The lowest BCUT2D eigenvalue weighted by molar-refractivity contribution is -0.0152. The van der Waals surface area contributed by atoms with Crippen molar-refractivity contribution < 1.29 is 19.4 Å². The summed E-state index contributed by atoms with van der Waals surface area (Å²) in [7, 11) is 0. The maximum Gasteiger partial charge on any atom is 0.506 e. The second-order valence-electron chi connectivity index (χ2n) is 8.52. The fourth-order valence-corrected chi connectivity index (χ4v) is 5.17. The van der Waals surface area contributed by atoms with Gasteiger partial charge in [-0.05, 0) is 56.9 Å². The first-order chi connectivity index (χ1) is 14.4. The molecule has 0 aromatic carbocycles. The summed E-state index contributed by atoms with van der Waals surface area (Å²) in [5.41, 5.74) is -0.121. The topological polar surface area (TPSA) is 91.8 Å². The molecule has 7 nitrogen and oxygen atoms in total. The molecule has 1 amide bonds. The van der Waals surface area contributed by atoms with Crippen molar-refractivity contribution in [1.82, 2.24) is 10.3 Å². The summed E-state index contributed by atoms with van der Waals surface area (Å²) >= 11 is 1.60. The minimum atomic E-state index is -1.25. The largest absolute Gasteiger partial charge is 0.506 e. The van der Waals surface area contributed by atoms with Crippen LogP contribution in [0.2, 0.25) is 0 Å². The molecule has 166 valence electrons. The number of carboxylic acid groups (broad SMARTS) is 1. The van der Waals surface area contributed by atoms with Gasteiger partial charge in [0.1, 0.15) is 16.4 Å². The van der Waals surface area contributed by atoms with Crippen LogP contribution in [-0.4, -0.2) is 52.6 Å². The first kappa shape index (κ1) is 22.7. The van der Waals surface area contributed by atoms with Gasteiger partial charge in [-0.3, -0.25) is 4.79 Å². The van der Waals surface area contributed by atoms with Crippen molar-refractivity contribution in [2.24, 2.45) is 0 Å². The zero-order chi connectivity index (χ0) is 21.6. The molecule has 1 aliphatic heterocycles. The van der Waals surface area contributed by atoms with E-state index in [4.69, 9.17) is 14.8 Å². The molecule has 0 radical (unpaired) electrons. The summed E-state index contributed by atoms with van der Waals surface area (Å²) in [4.78, 5) is 30.9. The number of nitrogens with zero attached hydrogens (tertiary/aromatic N) is 2. The quantitative estimate of drug-likeness (QED) is 0.474. The lowest BCUT2D eigenvalue weighted by atomic mass is 9.94. The maximum atomic E-state index is 12.9. The van der Waals surface area contributed by atoms with E-state index in [1.807, 2.05) is 19.1 Å². The van der Waals surface area contributed by atoms with Gasteiger partial charge in [0.05, 0.1) is 12.1 Å². The molecule has 8 heteroatoms. The van der Waals surface area contributed by atoms with Crippen molar-refractivity contribution in [3.05, 3.63) is 17.7 Å². The molecular weight excluding hydrogens is 402 g/mol. The zero-order valence-corrected chi connectivity index (χ0v) is 18.8. The van der Waals surface area contributed by atoms with Gasteiger partial charge >= 0.3 is 6.16 Å². The minimum Gasteiger partial charge on any atom is -0.450 e. The van der Waals surface area contributed by atoms with Crippen molar-refractivity contribution in [3.63, 3.8) is 0 Å². The molecule has 0 spiro atoms. The zero-order valence-electron chi connectivity index (χ0n) is 18.0. The van der Waals surface area contributed by atoms with E-state index < -0.39 is 11.8 Å². The van der Waals surface area contributed by atoms with E-state index in [9.17, 15) is 9.59 Å². The predicted molar refractivity (Wildman–Crippen MR) is 119 cm³/mol. The van der Waals surface area contributed by atoms with E-state index in [-0.39, 0.29) is 11.9 Å². The van der Waals surface area contributed by atoms with Gasteiger partial charge in [-0.25, -0.2) is 9.78 Å². The Morgan fingerprint density at radius 3 is 2.77 bits per heavy atom. The van der Waals surface area contributed by atoms with Gasteiger partial charge in [-0.15, -0.1) is 11.8 Å². The van der Waals surface area contributed by atoms with Gasteiger partial charge in [-0.1, -0.05) is 26.2 Å². The molecule has 1 saturated carbocycles. The number of aromatic nitrogens is 1. The summed E-state index contributed by atoms with van der Waals surface area (Å²) in [5.74, 6) is 1.61. The van der Waals surface area contributed by atoms with Gasteiger partial charge in [0.15, 0.2) is 0 Å². The molecule has 1 saturated heterocycles. The van der Waals surface area contributed by atoms with Crippen LogP contribution in [0.5, 0.6) is 0 Å². The first-order valence-electron chi connectivity index (χ1n) is 11.0. The van der Waals surface area contributed by atoms with Crippen LogP contribution in [0.15, 0.2) is 17.2 Å². The van der Waals surface area contributed by atoms with Crippen LogP contribution in [-0.2, 0) is 4.74 Å². The molecule has 2 aliphatic rings. The lowest BCUT2D eigenvalue weighted by Crippen LogP contribution is -2.49. The molecule has 3 rings (SSSR count). The summed E-state index contributed by atoms with van der Waals surface area (Å²) in [6, 6.07) is 3.99. The highest BCUT2D eigenvalue weighted by Gasteiger charge is 2.35. The average Bonchev–Trinajstić information content (AvgIpc) is 2.72. The van der Waals surface area contributed by atoms with Crippen LogP contribution < -0.4 is 10.2 Å². The number of rotatable bonds is 7. The van der Waals surface area contributed by atoms with Gasteiger partial charge in [-0.2, -0.15) is 0 Å². The van der Waals surface area contributed by atoms with Crippen molar-refractivity contribution in [2.45, 2.75) is 81.9 Å². The minimum absolute atomic E-state index is 0.0442. The second kappa shape index (κ2) is 10.4. The Hall–Kier alpha value is -1.96. The van der Waals surface area contributed by atoms with Crippen molar-refractivity contribution >= 4 is 29.6 Å². The number of hydrogen-bond donors (Lipinski definition) is 2. The SMILES string of the molecule is CCCSc1nc(N2CCCC(C)(OC(=O)O)C2)ccc1C(=O)NC1CCCCC1. The number of ether oxygens (including phenoxy) is 1. The maximum absolute atomic E-state index is 12.9. The van der Waals surface area contributed by atoms with E-state index in [1.54, 1.807) is 11.8 Å². The third-order valence-corrected chi connectivity index (χ3v) is 6.99. The van der Waals surface area contributed by atoms with Crippen molar-refractivity contribution in [1.29, 1.82) is 0 Å². The standard InChI is InChI=1S/C22H33N3O4S/c1-3-14-30-20-17(19(26)23-16-8-5-4-6-9-16)10-11-18(24-20)25-13-7-12-22(2,15-25)29-21(27)28/h10-11,16H,3-9,12-15H2,1-2H3,(H,23,26)(H,27,28). The summed E-state index contributed by atoms with van der Waals surface area (Å²) in [6.07, 6.45) is 6.95. The van der Waals surface area contributed by atoms with Gasteiger partial charge in [0, 0.05) is 12.6 Å². The molecule has 30 heavy (non-hydrogen) atoms. The molecule has 1 unspecified atom stereocenters. The normalized spacial score (nSPS) is 22.5. The Morgan fingerprint density at radius 1 is 1.30 bits per heavy atom. The van der Waals surface area contributed by atoms with Gasteiger partial charge in [0.25, 0.3) is 5.91 Å². The van der Waals surface area contributed by atoms with Gasteiger partial charge < -0.3 is 20.1 Å². The van der Waals surface area contributed by atoms with Crippen LogP contribution in [0.1, 0.15) is 75.6 Å². The predicted octanol–water partition coefficient (Wildman–Crippen LogP) is 4.70. The number of anilines is 1. The van der Waals surface area contributed by atoms with Crippen LogP contribution >= 0.6 is 11.8 Å². The first-order valence-corrected chi connectivity index (χ1v) is 12.0. The van der Waals surface area contributed by atoms with Gasteiger partial charge in [0.2, 0.25) is 0 Å². The highest BCUT2D eigenvalue weighted by Crippen LogP contribution is 2.31. The Bertz CT molecular complexity index is 754. The van der Waals surface area contributed by atoms with E-state index in [1.165, 1.54) is 19.3 Å². The van der Waals surface area contributed by atoms with Crippen LogP contribution in [0, 0.1) is 0 Å². The Balaban J connectivity index is 1.77. The summed E-state index contributed by atoms with van der Waals surface area (Å²) < 4.78 is 5.15. The van der Waals surface area contributed by atoms with E-state index in [2.05, 4.69) is 17.1 Å². The lowest BCUT2D eigenvalue weighted by Gasteiger charge is -2.39. The average molecular weight is 436 g/mol. The number of carbonyl (C=O) groups excluding carboxylic acids is 1. The number of carbonyl (C=O) groups is 2. The van der Waals surface area contributed by atoms with Crippen molar-refractivity contribution in [2.75, 3.05) is 23.7 Å². The fraction of sp³-hybridized carbons (Fsp3) is 0.682. The Labute approximate surface area is 183 Å². The number of hydrogen-bond acceptors (Lipinski definition) is 6. The summed E-state index contributed by atoms with van der Waals surface area (Å²) in [6.45, 7) is 5.18. The molecule has 1 aromatic heterocycles. The van der Waals surface area contributed by atoms with E-state index in [0.29, 0.717) is 18.5 Å². The Morgan fingerprint density at radius 2 is 2.07 bits per heavy atom. The smallest absolute Gasteiger partial charge is 0.450 e. The highest BCUT2D eigenvalue weighted by atomic mass is 32.2. The molecule has 1 atom stereocenters. The molecule has 2 fully saturated rings. The number of nitrogens with one attached hydrogen (secondary N) is 1. The molecule has 1 aromatic rings. The van der Waals surface area contributed by atoms with E-state index >= 15 is 0 Å². The van der Waals surface area contributed by atoms with Crippen LogP contribution in [0.25, 0.3) is 0 Å². The fourth-order valence-electron chi connectivity index (χ4n) is 4.29.